The molecule has 0 aromatic heterocycles. The number of carbonyl (C=O) groups is 2. The number of benzene rings is 3. The predicted molar refractivity (Wildman–Crippen MR) is 129 cm³/mol. The van der Waals surface area contributed by atoms with Crippen molar-refractivity contribution in [3.63, 3.8) is 0 Å². The normalized spacial score (nSPS) is 19.2. The van der Waals surface area contributed by atoms with E-state index in [1.807, 2.05) is 54.6 Å². The first-order valence-corrected chi connectivity index (χ1v) is 12.2. The van der Waals surface area contributed by atoms with Gasteiger partial charge >= 0.3 is 12.1 Å². The molecule has 3 aromatic rings. The maximum Gasteiger partial charge on any atom is 0.411 e. The van der Waals surface area contributed by atoms with Crippen molar-refractivity contribution in [3.05, 3.63) is 95.6 Å². The summed E-state index contributed by atoms with van der Waals surface area (Å²) in [4.78, 5) is 26.5. The van der Waals surface area contributed by atoms with Crippen LogP contribution in [0.25, 0.3) is 11.1 Å². The fourth-order valence-corrected chi connectivity index (χ4v) is 6.21. The van der Waals surface area contributed by atoms with E-state index in [0.29, 0.717) is 12.2 Å². The zero-order chi connectivity index (χ0) is 22.8. The first-order chi connectivity index (χ1) is 16.1. The minimum atomic E-state index is -0.988. The molecule has 3 aromatic carbocycles. The summed E-state index contributed by atoms with van der Waals surface area (Å²) in [6.07, 6.45) is 0.910. The summed E-state index contributed by atoms with van der Waals surface area (Å²) in [5, 5.41) is 9.49. The van der Waals surface area contributed by atoms with Crippen LogP contribution in [-0.2, 0) is 16.0 Å². The zero-order valence-corrected chi connectivity index (χ0v) is 18.9. The van der Waals surface area contributed by atoms with Gasteiger partial charge in [-0.15, -0.1) is 11.8 Å². The van der Waals surface area contributed by atoms with Crippen molar-refractivity contribution >= 4 is 23.8 Å². The van der Waals surface area contributed by atoms with Gasteiger partial charge in [-0.3, -0.25) is 4.90 Å². The molecule has 1 fully saturated rings. The van der Waals surface area contributed by atoms with E-state index in [1.54, 1.807) is 0 Å². The number of fused-ring (bicyclic) bond motifs is 3. The van der Waals surface area contributed by atoms with E-state index in [1.165, 1.54) is 22.2 Å². The van der Waals surface area contributed by atoms with Crippen LogP contribution in [0.2, 0.25) is 0 Å². The highest BCUT2D eigenvalue weighted by Crippen LogP contribution is 2.44. The molecule has 0 bridgehead atoms. The lowest BCUT2D eigenvalue weighted by Crippen LogP contribution is -2.46. The van der Waals surface area contributed by atoms with Crippen LogP contribution >= 0.6 is 11.8 Å². The lowest BCUT2D eigenvalue weighted by molar-refractivity contribution is -0.141. The van der Waals surface area contributed by atoms with Gasteiger partial charge in [-0.2, -0.15) is 0 Å². The predicted octanol–water partition coefficient (Wildman–Crippen LogP) is 5.40. The third-order valence-electron chi connectivity index (χ3n) is 6.45. The fraction of sp³-hybridized carbons (Fsp3) is 0.259. The van der Waals surface area contributed by atoms with E-state index in [4.69, 9.17) is 4.74 Å². The third-order valence-corrected chi connectivity index (χ3v) is 7.80. The average Bonchev–Trinajstić information content (AvgIpc) is 3.42. The molecule has 33 heavy (non-hydrogen) atoms. The molecule has 0 spiro atoms. The molecule has 1 saturated heterocycles. The smallest absolute Gasteiger partial charge is 0.411 e. The molecule has 6 heteroatoms. The highest BCUT2D eigenvalue weighted by molar-refractivity contribution is 8.00. The molecule has 0 radical (unpaired) electrons. The number of carboxylic acid groups (broad SMARTS) is 1. The third kappa shape index (κ3) is 4.23. The zero-order valence-electron chi connectivity index (χ0n) is 18.1. The van der Waals surface area contributed by atoms with Gasteiger partial charge in [0.05, 0.1) is 5.37 Å². The highest BCUT2D eigenvalue weighted by Gasteiger charge is 2.43. The molecule has 0 saturated carbocycles. The van der Waals surface area contributed by atoms with E-state index in [9.17, 15) is 14.7 Å². The maximum absolute atomic E-state index is 13.2. The largest absolute Gasteiger partial charge is 0.480 e. The number of amides is 1. The summed E-state index contributed by atoms with van der Waals surface area (Å²) in [6, 6.07) is 25.5. The molecular formula is C27H25NO4S. The Balaban J connectivity index is 1.31. The van der Waals surface area contributed by atoms with Gasteiger partial charge in [0.25, 0.3) is 0 Å². The summed E-state index contributed by atoms with van der Waals surface area (Å²) in [7, 11) is 0. The maximum atomic E-state index is 13.2. The first kappa shape index (κ1) is 21.6. The fourth-order valence-electron chi connectivity index (χ4n) is 4.82. The van der Waals surface area contributed by atoms with Crippen LogP contribution in [0, 0.1) is 0 Å². The van der Waals surface area contributed by atoms with Crippen LogP contribution in [0.5, 0.6) is 0 Å². The molecule has 1 amide bonds. The molecule has 1 aliphatic carbocycles. The van der Waals surface area contributed by atoms with Crippen LogP contribution < -0.4 is 0 Å². The van der Waals surface area contributed by atoms with Gasteiger partial charge in [-0.1, -0.05) is 78.9 Å². The molecule has 1 heterocycles. The second-order valence-corrected chi connectivity index (χ2v) is 9.59. The number of thioether (sulfide) groups is 1. The number of hydrogen-bond donors (Lipinski definition) is 1. The monoisotopic (exact) mass is 459 g/mol. The Labute approximate surface area is 197 Å². The van der Waals surface area contributed by atoms with Crippen molar-refractivity contribution in [2.24, 2.45) is 0 Å². The number of aliphatic carboxylic acids is 1. The Hall–Kier alpha value is -3.25. The van der Waals surface area contributed by atoms with Gasteiger partial charge in [-0.05, 0) is 40.7 Å². The SMILES string of the molecule is O=C(O)C1CSC(CCc2ccccc2)N1C(=O)OCC1c2ccccc2-c2ccccc21. The molecule has 1 aliphatic heterocycles. The van der Waals surface area contributed by atoms with Crippen LogP contribution in [-0.4, -0.2) is 45.8 Å². The Kier molecular flexibility index (Phi) is 6.09. The number of rotatable bonds is 6. The van der Waals surface area contributed by atoms with E-state index in [-0.39, 0.29) is 17.9 Å². The minimum absolute atomic E-state index is 0.0531. The van der Waals surface area contributed by atoms with Gasteiger partial charge in [0.15, 0.2) is 0 Å². The molecule has 168 valence electrons. The van der Waals surface area contributed by atoms with Crippen LogP contribution in [0.15, 0.2) is 78.9 Å². The number of aryl methyl sites for hydroxylation is 1. The van der Waals surface area contributed by atoms with E-state index in [0.717, 1.165) is 28.7 Å². The van der Waals surface area contributed by atoms with Crippen molar-refractivity contribution < 1.29 is 19.4 Å². The average molecular weight is 460 g/mol. The van der Waals surface area contributed by atoms with Crippen molar-refractivity contribution in [2.75, 3.05) is 12.4 Å². The molecule has 2 aliphatic rings. The van der Waals surface area contributed by atoms with Crippen LogP contribution in [0.4, 0.5) is 4.79 Å². The Morgan fingerprint density at radius 1 is 0.909 bits per heavy atom. The number of carboxylic acids is 1. The van der Waals surface area contributed by atoms with Gasteiger partial charge in [-0.25, -0.2) is 9.59 Å². The van der Waals surface area contributed by atoms with Crippen molar-refractivity contribution in [3.8, 4) is 11.1 Å². The number of nitrogens with zero attached hydrogens (tertiary/aromatic N) is 1. The van der Waals surface area contributed by atoms with Gasteiger partial charge in [0.2, 0.25) is 0 Å². The van der Waals surface area contributed by atoms with E-state index in [2.05, 4.69) is 24.3 Å². The highest BCUT2D eigenvalue weighted by atomic mass is 32.2. The second kappa shape index (κ2) is 9.32. The van der Waals surface area contributed by atoms with Gasteiger partial charge in [0.1, 0.15) is 12.6 Å². The van der Waals surface area contributed by atoms with Gasteiger partial charge in [0, 0.05) is 11.7 Å². The summed E-state index contributed by atoms with van der Waals surface area (Å²) >= 11 is 1.51. The summed E-state index contributed by atoms with van der Waals surface area (Å²) in [5.41, 5.74) is 5.77. The van der Waals surface area contributed by atoms with Gasteiger partial charge < -0.3 is 9.84 Å². The molecule has 5 nitrogen and oxygen atoms in total. The van der Waals surface area contributed by atoms with Crippen LogP contribution in [0.1, 0.15) is 29.0 Å². The minimum Gasteiger partial charge on any atom is -0.480 e. The molecule has 2 unspecified atom stereocenters. The molecule has 1 N–H and O–H groups in total. The number of ether oxygens (including phenoxy) is 1. The molecule has 2 atom stereocenters. The number of carbonyl (C=O) groups excluding carboxylic acids is 1. The van der Waals surface area contributed by atoms with Crippen molar-refractivity contribution in [2.45, 2.75) is 30.2 Å². The van der Waals surface area contributed by atoms with E-state index < -0.39 is 18.1 Å². The topological polar surface area (TPSA) is 66.8 Å². The quantitative estimate of drug-likeness (QED) is 0.535. The van der Waals surface area contributed by atoms with Crippen molar-refractivity contribution in [1.82, 2.24) is 4.90 Å². The van der Waals surface area contributed by atoms with E-state index >= 15 is 0 Å². The first-order valence-electron chi connectivity index (χ1n) is 11.1. The Morgan fingerprint density at radius 2 is 1.52 bits per heavy atom. The number of hydrogen-bond acceptors (Lipinski definition) is 4. The van der Waals surface area contributed by atoms with Crippen molar-refractivity contribution in [1.29, 1.82) is 0 Å². The molecular weight excluding hydrogens is 434 g/mol. The lowest BCUT2D eigenvalue weighted by atomic mass is 9.98. The second-order valence-electron chi connectivity index (χ2n) is 8.38. The summed E-state index contributed by atoms with van der Waals surface area (Å²) in [5.74, 6) is -0.667. The Bertz CT molecular complexity index is 1120. The Morgan fingerprint density at radius 3 is 2.15 bits per heavy atom. The summed E-state index contributed by atoms with van der Waals surface area (Å²) < 4.78 is 5.80. The summed E-state index contributed by atoms with van der Waals surface area (Å²) in [6.45, 7) is 0.186. The standard InChI is InChI=1S/C27H25NO4S/c29-26(30)24-17-33-25(15-14-18-8-2-1-3-9-18)28(24)27(31)32-16-23-21-12-6-4-10-19(21)20-11-5-7-13-22(20)23/h1-13,23-25H,14-17H2,(H,29,30). The lowest BCUT2D eigenvalue weighted by Gasteiger charge is -2.27. The molecule has 5 rings (SSSR count). The van der Waals surface area contributed by atoms with Crippen LogP contribution in [0.3, 0.4) is 0 Å².